The number of primary sulfonamides is 1. The molecule has 1 aromatic rings. The number of nitrogens with two attached hydrogens (primary N) is 1. The van der Waals surface area contributed by atoms with Crippen LogP contribution in [0.25, 0.3) is 0 Å². The molecule has 0 saturated carbocycles. The smallest absolute Gasteiger partial charge is 0.345 e. The SMILES string of the molecule is CCCCCCOC(=O)c1ccc(S(N)(=O)=O)c(Cl)c1[N+](=O)[O-]. The van der Waals surface area contributed by atoms with E-state index in [4.69, 9.17) is 21.5 Å². The van der Waals surface area contributed by atoms with Crippen molar-refractivity contribution in [1.29, 1.82) is 0 Å². The molecule has 0 spiro atoms. The van der Waals surface area contributed by atoms with Crippen LogP contribution in [-0.4, -0.2) is 25.9 Å². The van der Waals surface area contributed by atoms with Gasteiger partial charge in [-0.05, 0) is 18.6 Å². The van der Waals surface area contributed by atoms with Gasteiger partial charge in [0.25, 0.3) is 0 Å². The van der Waals surface area contributed by atoms with Gasteiger partial charge in [0.05, 0.1) is 11.5 Å². The Morgan fingerprint density at radius 3 is 2.52 bits per heavy atom. The third-order valence-corrected chi connectivity index (χ3v) is 4.47. The fraction of sp³-hybridized carbons (Fsp3) is 0.462. The van der Waals surface area contributed by atoms with Crippen LogP contribution < -0.4 is 5.14 Å². The van der Waals surface area contributed by atoms with Gasteiger partial charge in [0.15, 0.2) is 0 Å². The minimum absolute atomic E-state index is 0.116. The van der Waals surface area contributed by atoms with Crippen LogP contribution >= 0.6 is 11.6 Å². The molecular weight excluding hydrogens is 348 g/mol. The van der Waals surface area contributed by atoms with Crippen LogP contribution in [0.15, 0.2) is 17.0 Å². The van der Waals surface area contributed by atoms with Gasteiger partial charge in [-0.25, -0.2) is 18.4 Å². The lowest BCUT2D eigenvalue weighted by Crippen LogP contribution is -2.15. The largest absolute Gasteiger partial charge is 0.462 e. The lowest BCUT2D eigenvalue weighted by atomic mass is 10.2. The van der Waals surface area contributed by atoms with E-state index in [2.05, 4.69) is 0 Å². The molecule has 0 aromatic heterocycles. The molecule has 0 atom stereocenters. The number of rotatable bonds is 8. The lowest BCUT2D eigenvalue weighted by molar-refractivity contribution is -0.385. The molecule has 0 aliphatic carbocycles. The zero-order chi connectivity index (χ0) is 17.6. The van der Waals surface area contributed by atoms with Gasteiger partial charge in [0.1, 0.15) is 15.5 Å². The van der Waals surface area contributed by atoms with Crippen LogP contribution in [0.3, 0.4) is 0 Å². The molecule has 0 saturated heterocycles. The van der Waals surface area contributed by atoms with Gasteiger partial charge in [0.2, 0.25) is 10.0 Å². The van der Waals surface area contributed by atoms with Crippen molar-refractivity contribution in [3.05, 3.63) is 32.8 Å². The Balaban J connectivity index is 3.05. The van der Waals surface area contributed by atoms with Crippen LogP contribution in [0, 0.1) is 10.1 Å². The molecule has 1 aromatic carbocycles. The molecular formula is C13H17ClN2O6S. The normalized spacial score (nSPS) is 11.3. The van der Waals surface area contributed by atoms with E-state index in [1.807, 2.05) is 6.92 Å². The molecule has 0 bridgehead atoms. The molecule has 10 heteroatoms. The number of nitrogens with zero attached hydrogens (tertiary/aromatic N) is 1. The second kappa shape index (κ2) is 8.23. The van der Waals surface area contributed by atoms with Gasteiger partial charge in [-0.1, -0.05) is 37.8 Å². The summed E-state index contributed by atoms with van der Waals surface area (Å²) < 4.78 is 27.6. The second-order valence-electron chi connectivity index (χ2n) is 4.77. The number of hydrogen-bond acceptors (Lipinski definition) is 6. The highest BCUT2D eigenvalue weighted by Gasteiger charge is 2.30. The van der Waals surface area contributed by atoms with E-state index >= 15 is 0 Å². The molecule has 0 aliphatic rings. The molecule has 23 heavy (non-hydrogen) atoms. The van der Waals surface area contributed by atoms with Crippen molar-refractivity contribution in [1.82, 2.24) is 0 Å². The fourth-order valence-electron chi connectivity index (χ4n) is 1.88. The Labute approximate surface area is 138 Å². The standard InChI is InChI=1S/C13H17ClN2O6S/c1-2-3-4-5-8-22-13(17)9-6-7-10(23(15,20)21)11(14)12(9)16(18)19/h6-7H,2-5,8H2,1H3,(H2,15,20,21). The number of nitro groups is 1. The Bertz CT molecular complexity index is 705. The van der Waals surface area contributed by atoms with E-state index in [1.165, 1.54) is 0 Å². The first-order valence-electron chi connectivity index (χ1n) is 6.87. The summed E-state index contributed by atoms with van der Waals surface area (Å²) in [5, 5.41) is 15.3. The summed E-state index contributed by atoms with van der Waals surface area (Å²) in [5.74, 6) is -0.934. The first kappa shape index (κ1) is 19.3. The van der Waals surface area contributed by atoms with Gasteiger partial charge in [-0.3, -0.25) is 10.1 Å². The van der Waals surface area contributed by atoms with E-state index < -0.39 is 42.1 Å². The van der Waals surface area contributed by atoms with Crippen LogP contribution in [0.1, 0.15) is 43.0 Å². The Hall–Kier alpha value is -1.71. The van der Waals surface area contributed by atoms with Gasteiger partial charge in [-0.15, -0.1) is 0 Å². The molecule has 0 aliphatic heterocycles. The number of benzene rings is 1. The van der Waals surface area contributed by atoms with Crippen LogP contribution in [0.5, 0.6) is 0 Å². The minimum Gasteiger partial charge on any atom is -0.462 e. The number of unbranched alkanes of at least 4 members (excludes halogenated alkanes) is 3. The molecule has 0 amide bonds. The predicted octanol–water partition coefficient (Wildman–Crippen LogP) is 2.63. The maximum atomic E-state index is 11.9. The van der Waals surface area contributed by atoms with Crippen molar-refractivity contribution >= 4 is 33.3 Å². The molecule has 0 radical (unpaired) electrons. The van der Waals surface area contributed by atoms with Gasteiger partial charge >= 0.3 is 11.7 Å². The van der Waals surface area contributed by atoms with E-state index in [1.54, 1.807) is 0 Å². The molecule has 2 N–H and O–H groups in total. The van der Waals surface area contributed by atoms with Crippen molar-refractivity contribution < 1.29 is 22.9 Å². The number of carbonyl (C=O) groups excluding carboxylic acids is 1. The second-order valence-corrected chi connectivity index (χ2v) is 6.68. The van der Waals surface area contributed by atoms with Crippen molar-refractivity contribution in [3.8, 4) is 0 Å². The number of halogens is 1. The third-order valence-electron chi connectivity index (χ3n) is 3.02. The highest BCUT2D eigenvalue weighted by atomic mass is 35.5. The van der Waals surface area contributed by atoms with Crippen molar-refractivity contribution in [3.63, 3.8) is 0 Å². The zero-order valence-corrected chi connectivity index (χ0v) is 14.0. The Kier molecular flexibility index (Phi) is 6.92. The maximum Gasteiger partial charge on any atom is 0.345 e. The average molecular weight is 365 g/mol. The molecule has 0 fully saturated rings. The van der Waals surface area contributed by atoms with Gasteiger partial charge in [0, 0.05) is 0 Å². The molecule has 128 valence electrons. The first-order valence-corrected chi connectivity index (χ1v) is 8.79. The summed E-state index contributed by atoms with van der Waals surface area (Å²) in [6, 6.07) is 1.91. The first-order chi connectivity index (χ1) is 10.7. The third kappa shape index (κ3) is 5.15. The summed E-state index contributed by atoms with van der Waals surface area (Å²) >= 11 is 5.73. The monoisotopic (exact) mass is 364 g/mol. The molecule has 0 heterocycles. The summed E-state index contributed by atoms with van der Waals surface area (Å²) in [6.07, 6.45) is 3.52. The molecule has 1 rings (SSSR count). The number of hydrogen-bond donors (Lipinski definition) is 1. The summed E-state index contributed by atoms with van der Waals surface area (Å²) in [7, 11) is -4.25. The van der Waals surface area contributed by atoms with Gasteiger partial charge < -0.3 is 4.74 Å². The molecule has 8 nitrogen and oxygen atoms in total. The van der Waals surface area contributed by atoms with Crippen molar-refractivity contribution in [2.24, 2.45) is 5.14 Å². The van der Waals surface area contributed by atoms with Crippen LogP contribution in [0.2, 0.25) is 5.02 Å². The average Bonchev–Trinajstić information content (AvgIpc) is 2.44. The maximum absolute atomic E-state index is 11.9. The van der Waals surface area contributed by atoms with Crippen LogP contribution in [0.4, 0.5) is 5.69 Å². The predicted molar refractivity (Wildman–Crippen MR) is 83.9 cm³/mol. The van der Waals surface area contributed by atoms with Crippen LogP contribution in [-0.2, 0) is 14.8 Å². The van der Waals surface area contributed by atoms with E-state index in [0.717, 1.165) is 31.4 Å². The minimum atomic E-state index is -4.25. The summed E-state index contributed by atoms with van der Waals surface area (Å²) in [6.45, 7) is 2.15. The van der Waals surface area contributed by atoms with E-state index in [9.17, 15) is 23.3 Å². The fourth-order valence-corrected chi connectivity index (χ4v) is 3.04. The Morgan fingerprint density at radius 2 is 2.00 bits per heavy atom. The molecule has 0 unspecified atom stereocenters. The highest BCUT2D eigenvalue weighted by molar-refractivity contribution is 7.89. The number of carbonyl (C=O) groups is 1. The number of ether oxygens (including phenoxy) is 1. The number of sulfonamides is 1. The highest BCUT2D eigenvalue weighted by Crippen LogP contribution is 2.34. The van der Waals surface area contributed by atoms with E-state index in [-0.39, 0.29) is 6.61 Å². The lowest BCUT2D eigenvalue weighted by Gasteiger charge is -2.08. The quantitative estimate of drug-likeness (QED) is 0.326. The Morgan fingerprint density at radius 1 is 1.35 bits per heavy atom. The topological polar surface area (TPSA) is 130 Å². The van der Waals surface area contributed by atoms with Crippen molar-refractivity contribution in [2.45, 2.75) is 37.5 Å². The zero-order valence-electron chi connectivity index (χ0n) is 12.5. The summed E-state index contributed by atoms with van der Waals surface area (Å²) in [5.41, 5.74) is -1.25. The van der Waals surface area contributed by atoms with Gasteiger partial charge in [-0.2, -0.15) is 0 Å². The van der Waals surface area contributed by atoms with Crippen molar-refractivity contribution in [2.75, 3.05) is 6.61 Å². The summed E-state index contributed by atoms with van der Waals surface area (Å²) in [4.78, 5) is 21.5. The number of esters is 1. The number of nitro benzene ring substituents is 1. The van der Waals surface area contributed by atoms with E-state index in [0.29, 0.717) is 6.42 Å².